The minimum absolute atomic E-state index is 0.688. The first-order valence-electron chi connectivity index (χ1n) is 4.92. The third kappa shape index (κ3) is 1.86. The van der Waals surface area contributed by atoms with Gasteiger partial charge in [0.25, 0.3) is 0 Å². The number of nitrogens with two attached hydrogens (primary N) is 1. The number of hydrogen-bond donors (Lipinski definition) is 1. The molecule has 2 rings (SSSR count). The molecule has 0 aliphatic carbocycles. The Bertz CT molecular complexity index is 316. The Balaban J connectivity index is 2.36. The summed E-state index contributed by atoms with van der Waals surface area (Å²) in [5, 5.41) is 0.688. The standard InChI is InChI=1S/C11H15ClN2/c1-14-4-2-8-6-10(12)11(13)7-9(8)3-5-14/h6-7H,2-5,13H2,1H3. The molecule has 0 amide bonds. The van der Waals surface area contributed by atoms with Crippen LogP contribution in [0.1, 0.15) is 11.1 Å². The van der Waals surface area contributed by atoms with E-state index in [1.807, 2.05) is 12.1 Å². The summed E-state index contributed by atoms with van der Waals surface area (Å²) in [7, 11) is 2.15. The fourth-order valence-corrected chi connectivity index (χ4v) is 2.06. The fourth-order valence-electron chi connectivity index (χ4n) is 1.88. The lowest BCUT2D eigenvalue weighted by Crippen LogP contribution is -2.20. The molecular weight excluding hydrogens is 196 g/mol. The van der Waals surface area contributed by atoms with E-state index in [-0.39, 0.29) is 0 Å². The van der Waals surface area contributed by atoms with E-state index in [1.54, 1.807) is 0 Å². The van der Waals surface area contributed by atoms with Crippen molar-refractivity contribution >= 4 is 17.3 Å². The molecule has 0 bridgehead atoms. The number of fused-ring (bicyclic) bond motifs is 1. The van der Waals surface area contributed by atoms with Crippen LogP contribution >= 0.6 is 11.6 Å². The highest BCUT2D eigenvalue weighted by Crippen LogP contribution is 2.25. The maximum absolute atomic E-state index is 6.00. The van der Waals surface area contributed by atoms with Gasteiger partial charge in [0.15, 0.2) is 0 Å². The van der Waals surface area contributed by atoms with Crippen LogP contribution in [0, 0.1) is 0 Å². The molecule has 0 saturated carbocycles. The molecule has 1 aliphatic heterocycles. The van der Waals surface area contributed by atoms with Gasteiger partial charge in [0.1, 0.15) is 0 Å². The van der Waals surface area contributed by atoms with E-state index in [9.17, 15) is 0 Å². The minimum atomic E-state index is 0.688. The zero-order valence-electron chi connectivity index (χ0n) is 8.39. The third-order valence-corrected chi connectivity index (χ3v) is 3.17. The summed E-state index contributed by atoms with van der Waals surface area (Å²) in [6.45, 7) is 2.21. The molecule has 2 nitrogen and oxygen atoms in total. The van der Waals surface area contributed by atoms with Gasteiger partial charge in [0.05, 0.1) is 10.7 Å². The summed E-state index contributed by atoms with van der Waals surface area (Å²) in [6.07, 6.45) is 2.15. The van der Waals surface area contributed by atoms with E-state index >= 15 is 0 Å². The molecule has 1 aromatic rings. The largest absolute Gasteiger partial charge is 0.398 e. The van der Waals surface area contributed by atoms with E-state index in [2.05, 4.69) is 11.9 Å². The number of nitrogens with zero attached hydrogens (tertiary/aromatic N) is 1. The van der Waals surface area contributed by atoms with Crippen molar-refractivity contribution in [3.8, 4) is 0 Å². The molecule has 0 fully saturated rings. The number of anilines is 1. The quantitative estimate of drug-likeness (QED) is 0.664. The van der Waals surface area contributed by atoms with Crippen LogP contribution in [0.15, 0.2) is 12.1 Å². The summed E-state index contributed by atoms with van der Waals surface area (Å²) < 4.78 is 0. The maximum Gasteiger partial charge on any atom is 0.0638 e. The molecule has 0 unspecified atom stereocenters. The number of halogens is 1. The lowest BCUT2D eigenvalue weighted by molar-refractivity contribution is 0.352. The van der Waals surface area contributed by atoms with E-state index in [1.165, 1.54) is 11.1 Å². The Morgan fingerprint density at radius 3 is 2.43 bits per heavy atom. The highest BCUT2D eigenvalue weighted by molar-refractivity contribution is 6.33. The van der Waals surface area contributed by atoms with Crippen LogP contribution < -0.4 is 5.73 Å². The van der Waals surface area contributed by atoms with Crippen molar-refractivity contribution < 1.29 is 0 Å². The van der Waals surface area contributed by atoms with Crippen molar-refractivity contribution in [1.82, 2.24) is 4.90 Å². The third-order valence-electron chi connectivity index (χ3n) is 2.84. The van der Waals surface area contributed by atoms with Crippen molar-refractivity contribution in [1.29, 1.82) is 0 Å². The van der Waals surface area contributed by atoms with Gasteiger partial charge in [0.2, 0.25) is 0 Å². The van der Waals surface area contributed by atoms with Gasteiger partial charge in [-0.15, -0.1) is 0 Å². The van der Waals surface area contributed by atoms with Crippen molar-refractivity contribution in [3.05, 3.63) is 28.3 Å². The highest BCUT2D eigenvalue weighted by Gasteiger charge is 2.12. The van der Waals surface area contributed by atoms with Gasteiger partial charge in [0, 0.05) is 13.1 Å². The molecule has 0 spiro atoms. The Kier molecular flexibility index (Phi) is 2.66. The zero-order valence-corrected chi connectivity index (χ0v) is 9.14. The van der Waals surface area contributed by atoms with Crippen LogP contribution in [0.3, 0.4) is 0 Å². The first-order valence-corrected chi connectivity index (χ1v) is 5.30. The fraction of sp³-hybridized carbons (Fsp3) is 0.455. The Labute approximate surface area is 89.7 Å². The van der Waals surface area contributed by atoms with Gasteiger partial charge in [-0.1, -0.05) is 11.6 Å². The molecule has 0 saturated heterocycles. The number of likely N-dealkylation sites (N-methyl/N-ethyl adjacent to an activating group) is 1. The minimum Gasteiger partial charge on any atom is -0.398 e. The molecule has 0 atom stereocenters. The monoisotopic (exact) mass is 210 g/mol. The summed E-state index contributed by atoms with van der Waals surface area (Å²) in [6, 6.07) is 4.04. The Hall–Kier alpha value is -0.730. The molecule has 1 aliphatic rings. The number of hydrogen-bond acceptors (Lipinski definition) is 2. The average molecular weight is 211 g/mol. The number of benzene rings is 1. The topological polar surface area (TPSA) is 29.3 Å². The molecule has 76 valence electrons. The van der Waals surface area contributed by atoms with Gasteiger partial charge >= 0.3 is 0 Å². The van der Waals surface area contributed by atoms with Crippen molar-refractivity contribution in [2.45, 2.75) is 12.8 Å². The Morgan fingerprint density at radius 2 is 1.79 bits per heavy atom. The molecular formula is C11H15ClN2. The Morgan fingerprint density at radius 1 is 1.21 bits per heavy atom. The molecule has 1 heterocycles. The summed E-state index contributed by atoms with van der Waals surface area (Å²) in [5.41, 5.74) is 9.20. The molecule has 14 heavy (non-hydrogen) atoms. The first kappa shape index (κ1) is 9.81. The van der Waals surface area contributed by atoms with Crippen molar-refractivity contribution in [3.63, 3.8) is 0 Å². The van der Waals surface area contributed by atoms with E-state index < -0.39 is 0 Å². The average Bonchev–Trinajstić information content (AvgIpc) is 2.31. The smallest absolute Gasteiger partial charge is 0.0638 e. The van der Waals surface area contributed by atoms with E-state index in [0.717, 1.165) is 25.9 Å². The molecule has 2 N–H and O–H groups in total. The number of rotatable bonds is 0. The second-order valence-electron chi connectivity index (χ2n) is 3.95. The van der Waals surface area contributed by atoms with Gasteiger partial charge in [-0.25, -0.2) is 0 Å². The second kappa shape index (κ2) is 3.79. The number of nitrogen functional groups attached to an aromatic ring is 1. The van der Waals surface area contributed by atoms with Crippen molar-refractivity contribution in [2.24, 2.45) is 0 Å². The molecule has 0 radical (unpaired) electrons. The molecule has 1 aromatic carbocycles. The predicted molar refractivity (Wildman–Crippen MR) is 60.8 cm³/mol. The summed E-state index contributed by atoms with van der Waals surface area (Å²) >= 11 is 6.00. The van der Waals surface area contributed by atoms with E-state index in [4.69, 9.17) is 17.3 Å². The van der Waals surface area contributed by atoms with Crippen LogP contribution in [0.4, 0.5) is 5.69 Å². The lowest BCUT2D eigenvalue weighted by atomic mass is 10.0. The molecule has 0 aromatic heterocycles. The lowest BCUT2D eigenvalue weighted by Gasteiger charge is -2.10. The first-order chi connectivity index (χ1) is 6.66. The molecule has 3 heteroatoms. The normalized spacial score (nSPS) is 17.6. The highest BCUT2D eigenvalue weighted by atomic mass is 35.5. The van der Waals surface area contributed by atoms with Gasteiger partial charge in [-0.2, -0.15) is 0 Å². The van der Waals surface area contributed by atoms with Gasteiger partial charge in [-0.05, 0) is 43.1 Å². The summed E-state index contributed by atoms with van der Waals surface area (Å²) in [5.74, 6) is 0. The van der Waals surface area contributed by atoms with Crippen LogP contribution in [0.2, 0.25) is 5.02 Å². The van der Waals surface area contributed by atoms with Gasteiger partial charge < -0.3 is 10.6 Å². The SMILES string of the molecule is CN1CCc2cc(N)c(Cl)cc2CC1. The predicted octanol–water partition coefficient (Wildman–Crippen LogP) is 1.95. The zero-order chi connectivity index (χ0) is 10.1. The summed E-state index contributed by atoms with van der Waals surface area (Å²) in [4.78, 5) is 2.34. The van der Waals surface area contributed by atoms with Gasteiger partial charge in [-0.3, -0.25) is 0 Å². The van der Waals surface area contributed by atoms with Crippen LogP contribution in [0.25, 0.3) is 0 Å². The maximum atomic E-state index is 6.00. The van der Waals surface area contributed by atoms with Crippen LogP contribution in [0.5, 0.6) is 0 Å². The van der Waals surface area contributed by atoms with Crippen LogP contribution in [-0.2, 0) is 12.8 Å². The van der Waals surface area contributed by atoms with E-state index in [0.29, 0.717) is 10.7 Å². The van der Waals surface area contributed by atoms with Crippen LogP contribution in [-0.4, -0.2) is 25.0 Å². The second-order valence-corrected chi connectivity index (χ2v) is 4.35. The van der Waals surface area contributed by atoms with Crippen molar-refractivity contribution in [2.75, 3.05) is 25.9 Å².